The van der Waals surface area contributed by atoms with Gasteiger partial charge in [0, 0.05) is 19.6 Å². The van der Waals surface area contributed by atoms with Crippen molar-refractivity contribution < 1.29 is 32.8 Å². The Morgan fingerprint density at radius 3 is 1.16 bits per heavy atom. The molecule has 0 saturated carbocycles. The standard InChI is InChI=1S/C59H96NO7P/c1-3-5-7-9-11-13-15-17-19-21-23-25-27-28-29-31-33-35-37-39-41-43-45-47-49-51-54-64-56-58(57-66-68(62,63)65-55-53-60)67-59(61)52-50-48-46-44-42-40-38-36-34-32-30-26-24-22-20-18-16-14-12-10-8-6-4-2/h5-8,11-14,17-20,23-26,28-29,32-35,38,40,58H,3-4,9-10,15-16,21-22,27,30-31,36-37,39,41-57,60H2,1-2H3,(H,62,63)/b7-5-,8-6-,13-11-,14-12-,19-17-,20-18-,25-23-,26-24-,29-28-,34-32-,35-33-,40-38-. The topological polar surface area (TPSA) is 117 Å². The van der Waals surface area contributed by atoms with E-state index in [-0.39, 0.29) is 38.8 Å². The highest BCUT2D eigenvalue weighted by molar-refractivity contribution is 7.47. The minimum Gasteiger partial charge on any atom is -0.457 e. The van der Waals surface area contributed by atoms with Crippen LogP contribution in [0.25, 0.3) is 0 Å². The highest BCUT2D eigenvalue weighted by Crippen LogP contribution is 2.43. The van der Waals surface area contributed by atoms with Crippen LogP contribution >= 0.6 is 7.82 Å². The van der Waals surface area contributed by atoms with Crippen molar-refractivity contribution in [2.45, 2.75) is 187 Å². The number of hydrogen-bond donors (Lipinski definition) is 2. The summed E-state index contributed by atoms with van der Waals surface area (Å²) in [5.41, 5.74) is 5.39. The Kier molecular flexibility index (Phi) is 51.4. The van der Waals surface area contributed by atoms with Gasteiger partial charge in [-0.1, -0.05) is 205 Å². The second kappa shape index (κ2) is 54.3. The maximum Gasteiger partial charge on any atom is 0.472 e. The third kappa shape index (κ3) is 53.3. The Morgan fingerprint density at radius 2 is 0.779 bits per heavy atom. The normalized spacial score (nSPS) is 14.5. The molecule has 0 aliphatic heterocycles. The highest BCUT2D eigenvalue weighted by Gasteiger charge is 2.25. The first-order valence-electron chi connectivity index (χ1n) is 26.3. The van der Waals surface area contributed by atoms with E-state index < -0.39 is 13.9 Å². The second-order valence-electron chi connectivity index (χ2n) is 16.6. The average molecular weight is 962 g/mol. The summed E-state index contributed by atoms with van der Waals surface area (Å²) in [6.07, 6.45) is 78.8. The van der Waals surface area contributed by atoms with Crippen molar-refractivity contribution in [1.82, 2.24) is 0 Å². The van der Waals surface area contributed by atoms with Crippen LogP contribution in [0.5, 0.6) is 0 Å². The first-order valence-corrected chi connectivity index (χ1v) is 27.8. The number of carbonyl (C=O) groups excluding carboxylic acids is 1. The summed E-state index contributed by atoms with van der Waals surface area (Å²) in [7, 11) is -4.31. The van der Waals surface area contributed by atoms with Gasteiger partial charge >= 0.3 is 13.8 Å². The molecular formula is C59H96NO7P. The van der Waals surface area contributed by atoms with E-state index in [2.05, 4.69) is 160 Å². The minimum absolute atomic E-state index is 0.0845. The van der Waals surface area contributed by atoms with Gasteiger partial charge in [0.1, 0.15) is 6.10 Å². The SMILES string of the molecule is CC/C=C\C/C=C\C/C=C\C/C=C\C/C=C\C/C=C\CCCCCCCCCOCC(COP(=O)(O)OCCN)OC(=O)CCCCCC/C=C\C/C=C\C/C=C\C/C=C\C/C=C\C/C=C\CC. The molecule has 8 nitrogen and oxygen atoms in total. The molecule has 2 atom stereocenters. The number of phosphoric acid groups is 1. The quantitative estimate of drug-likeness (QED) is 0.0268. The molecule has 2 unspecified atom stereocenters. The number of hydrogen-bond acceptors (Lipinski definition) is 7. The van der Waals surface area contributed by atoms with E-state index in [9.17, 15) is 14.3 Å². The van der Waals surface area contributed by atoms with E-state index >= 15 is 0 Å². The molecule has 0 heterocycles. The molecule has 0 aromatic rings. The first-order chi connectivity index (χ1) is 33.4. The molecule has 68 heavy (non-hydrogen) atoms. The maximum absolute atomic E-state index is 12.7. The molecule has 0 aromatic heterocycles. The van der Waals surface area contributed by atoms with E-state index in [1.54, 1.807) is 0 Å². The van der Waals surface area contributed by atoms with Crippen molar-refractivity contribution >= 4 is 13.8 Å². The Bertz CT molecular complexity index is 1550. The molecule has 0 saturated heterocycles. The predicted octanol–water partition coefficient (Wildman–Crippen LogP) is 16.9. The van der Waals surface area contributed by atoms with Crippen molar-refractivity contribution in [2.75, 3.05) is 33.0 Å². The molecule has 9 heteroatoms. The van der Waals surface area contributed by atoms with Crippen molar-refractivity contribution in [3.8, 4) is 0 Å². The summed E-state index contributed by atoms with van der Waals surface area (Å²) in [6.45, 7) is 4.59. The van der Waals surface area contributed by atoms with Gasteiger partial charge in [0.25, 0.3) is 0 Å². The van der Waals surface area contributed by atoms with Gasteiger partial charge in [-0.2, -0.15) is 0 Å². The molecule has 0 aliphatic carbocycles. The Morgan fingerprint density at radius 1 is 0.441 bits per heavy atom. The summed E-state index contributed by atoms with van der Waals surface area (Å²) in [4.78, 5) is 22.6. The van der Waals surface area contributed by atoms with E-state index in [4.69, 9.17) is 24.3 Å². The van der Waals surface area contributed by atoms with Crippen molar-refractivity contribution in [3.63, 3.8) is 0 Å². The summed E-state index contributed by atoms with van der Waals surface area (Å²) < 4.78 is 33.6. The smallest absolute Gasteiger partial charge is 0.457 e. The third-order valence-corrected chi connectivity index (χ3v) is 11.2. The fourth-order valence-corrected chi connectivity index (χ4v) is 7.24. The first kappa shape index (κ1) is 64.4. The summed E-state index contributed by atoms with van der Waals surface area (Å²) in [6, 6.07) is 0. The molecule has 0 radical (unpaired) electrons. The minimum atomic E-state index is -4.31. The van der Waals surface area contributed by atoms with Crippen LogP contribution in [0.2, 0.25) is 0 Å². The zero-order valence-corrected chi connectivity index (χ0v) is 43.7. The summed E-state index contributed by atoms with van der Waals surface area (Å²) in [5.74, 6) is -0.365. The van der Waals surface area contributed by atoms with E-state index in [0.717, 1.165) is 135 Å². The monoisotopic (exact) mass is 962 g/mol. The number of carbonyl (C=O) groups is 1. The Labute approximate surface area is 416 Å². The van der Waals surface area contributed by atoms with Crippen LogP contribution in [0.15, 0.2) is 146 Å². The zero-order valence-electron chi connectivity index (χ0n) is 42.8. The van der Waals surface area contributed by atoms with Crippen molar-refractivity contribution in [1.29, 1.82) is 0 Å². The molecule has 0 spiro atoms. The van der Waals surface area contributed by atoms with Crippen molar-refractivity contribution in [3.05, 3.63) is 146 Å². The second-order valence-corrected chi connectivity index (χ2v) is 18.1. The van der Waals surface area contributed by atoms with Gasteiger partial charge in [-0.3, -0.25) is 13.8 Å². The number of rotatable bonds is 48. The van der Waals surface area contributed by atoms with Gasteiger partial charge < -0.3 is 20.1 Å². The lowest BCUT2D eigenvalue weighted by Gasteiger charge is -2.20. The number of allylic oxidation sites excluding steroid dienone is 24. The molecule has 384 valence electrons. The lowest BCUT2D eigenvalue weighted by molar-refractivity contribution is -0.154. The van der Waals surface area contributed by atoms with E-state index in [1.165, 1.54) is 25.7 Å². The van der Waals surface area contributed by atoms with E-state index in [0.29, 0.717) is 6.61 Å². The molecule has 0 fully saturated rings. The molecule has 0 amide bonds. The van der Waals surface area contributed by atoms with Crippen LogP contribution in [-0.2, 0) is 27.9 Å². The zero-order chi connectivity index (χ0) is 49.4. The van der Waals surface area contributed by atoms with Gasteiger partial charge in [0.05, 0.1) is 19.8 Å². The van der Waals surface area contributed by atoms with Crippen molar-refractivity contribution in [2.24, 2.45) is 5.73 Å². The number of esters is 1. The largest absolute Gasteiger partial charge is 0.472 e. The molecular weight excluding hydrogens is 866 g/mol. The Hall–Kier alpha value is -3.62. The average Bonchev–Trinajstić information content (AvgIpc) is 3.33. The van der Waals surface area contributed by atoms with Crippen LogP contribution in [0.4, 0.5) is 0 Å². The van der Waals surface area contributed by atoms with Gasteiger partial charge in [0.15, 0.2) is 0 Å². The third-order valence-electron chi connectivity index (χ3n) is 10.3. The lowest BCUT2D eigenvalue weighted by Crippen LogP contribution is -2.28. The molecule has 0 aliphatic rings. The maximum atomic E-state index is 12.7. The van der Waals surface area contributed by atoms with Crippen LogP contribution in [0, 0.1) is 0 Å². The summed E-state index contributed by atoms with van der Waals surface area (Å²) >= 11 is 0. The fraction of sp³-hybridized carbons (Fsp3) is 0.576. The molecule has 0 rings (SSSR count). The predicted molar refractivity (Wildman–Crippen MR) is 293 cm³/mol. The Balaban J connectivity index is 4.08. The fourth-order valence-electron chi connectivity index (χ4n) is 6.47. The van der Waals surface area contributed by atoms with Crippen LogP contribution in [0.3, 0.4) is 0 Å². The number of phosphoric ester groups is 1. The lowest BCUT2D eigenvalue weighted by atomic mass is 10.1. The number of nitrogens with two attached hydrogens (primary N) is 1. The van der Waals surface area contributed by atoms with Gasteiger partial charge in [-0.15, -0.1) is 0 Å². The molecule has 0 aromatic carbocycles. The highest BCUT2D eigenvalue weighted by atomic mass is 31.2. The summed E-state index contributed by atoms with van der Waals surface area (Å²) in [5, 5.41) is 0. The number of ether oxygens (including phenoxy) is 2. The van der Waals surface area contributed by atoms with Gasteiger partial charge in [0.2, 0.25) is 0 Å². The number of unbranched alkanes of at least 4 members (excludes halogenated alkanes) is 11. The molecule has 3 N–H and O–H groups in total. The van der Waals surface area contributed by atoms with Crippen LogP contribution in [-0.4, -0.2) is 49.9 Å². The van der Waals surface area contributed by atoms with E-state index in [1.807, 2.05) is 0 Å². The van der Waals surface area contributed by atoms with Gasteiger partial charge in [-0.25, -0.2) is 4.57 Å². The van der Waals surface area contributed by atoms with Crippen LogP contribution in [0.1, 0.15) is 181 Å². The van der Waals surface area contributed by atoms with Crippen LogP contribution < -0.4 is 5.73 Å². The van der Waals surface area contributed by atoms with Gasteiger partial charge in [-0.05, 0) is 116 Å². The molecule has 0 bridgehead atoms.